The highest BCUT2D eigenvalue weighted by molar-refractivity contribution is 6.30. The van der Waals surface area contributed by atoms with Gasteiger partial charge < -0.3 is 18.9 Å². The van der Waals surface area contributed by atoms with Crippen LogP contribution in [0.25, 0.3) is 11.3 Å². The average Bonchev–Trinajstić information content (AvgIpc) is 3.13. The Bertz CT molecular complexity index is 1020. The van der Waals surface area contributed by atoms with Crippen LogP contribution in [-0.2, 0) is 9.47 Å². The minimum absolute atomic E-state index is 0.0597. The standard InChI is InChI=1S/C24H29ClFN3O5/c1-24(2,3)34-23(30)29-15-6-9-18(29)22(26)20(12-15)33-21-10-8-17(27-28-21)16-7-5-14(25)11-19(16)32-13-31-4/h5,7-8,10-11,15,18,20,22H,6,9,12-13H2,1-4H3. The minimum Gasteiger partial charge on any atom is -0.470 e. The van der Waals surface area contributed by atoms with E-state index in [1.807, 2.05) is 0 Å². The zero-order valence-corrected chi connectivity index (χ0v) is 20.4. The van der Waals surface area contributed by atoms with Gasteiger partial charge in [0.05, 0.1) is 11.7 Å². The van der Waals surface area contributed by atoms with Crippen LogP contribution in [-0.4, -0.2) is 65.1 Å². The number of alkyl halides is 1. The van der Waals surface area contributed by atoms with Gasteiger partial charge in [0.15, 0.2) is 13.0 Å². The summed E-state index contributed by atoms with van der Waals surface area (Å²) in [6.07, 6.45) is -0.872. The first-order chi connectivity index (χ1) is 16.2. The molecule has 4 atom stereocenters. The van der Waals surface area contributed by atoms with Crippen molar-refractivity contribution in [3.63, 3.8) is 0 Å². The van der Waals surface area contributed by atoms with E-state index in [-0.39, 0.29) is 18.7 Å². The molecule has 2 saturated heterocycles. The third-order valence-electron chi connectivity index (χ3n) is 5.84. The minimum atomic E-state index is -1.35. The fraction of sp³-hybridized carbons (Fsp3) is 0.542. The van der Waals surface area contributed by atoms with Gasteiger partial charge in [0, 0.05) is 36.2 Å². The first kappa shape index (κ1) is 24.5. The van der Waals surface area contributed by atoms with Crippen LogP contribution in [0.15, 0.2) is 30.3 Å². The molecule has 1 aromatic carbocycles. The van der Waals surface area contributed by atoms with Gasteiger partial charge in [-0.1, -0.05) is 11.6 Å². The van der Waals surface area contributed by atoms with Gasteiger partial charge in [-0.25, -0.2) is 9.18 Å². The zero-order valence-electron chi connectivity index (χ0n) is 19.7. The molecule has 0 saturated carbocycles. The van der Waals surface area contributed by atoms with E-state index in [0.717, 1.165) is 6.42 Å². The van der Waals surface area contributed by atoms with Crippen LogP contribution in [0.1, 0.15) is 40.0 Å². The summed E-state index contributed by atoms with van der Waals surface area (Å²) in [7, 11) is 1.53. The number of halogens is 2. The number of ether oxygens (including phenoxy) is 4. The SMILES string of the molecule is COCOc1cc(Cl)ccc1-c1ccc(OC2CC3CCC(C2F)N3C(=O)OC(C)(C)C)nn1. The van der Waals surface area contributed by atoms with Crippen molar-refractivity contribution < 1.29 is 28.1 Å². The summed E-state index contributed by atoms with van der Waals surface area (Å²) < 4.78 is 37.3. The monoisotopic (exact) mass is 493 g/mol. The van der Waals surface area contributed by atoms with Crippen molar-refractivity contribution in [2.24, 2.45) is 0 Å². The lowest BCUT2D eigenvalue weighted by atomic mass is 9.98. The van der Waals surface area contributed by atoms with Crippen LogP contribution >= 0.6 is 11.6 Å². The molecular weight excluding hydrogens is 465 g/mol. The molecule has 2 bridgehead atoms. The number of rotatable bonds is 6. The van der Waals surface area contributed by atoms with Crippen LogP contribution in [0.4, 0.5) is 9.18 Å². The Labute approximate surface area is 203 Å². The second kappa shape index (κ2) is 9.92. The lowest BCUT2D eigenvalue weighted by Gasteiger charge is -2.41. The highest BCUT2D eigenvalue weighted by Gasteiger charge is 2.52. The summed E-state index contributed by atoms with van der Waals surface area (Å²) in [5, 5.41) is 8.88. The van der Waals surface area contributed by atoms with Gasteiger partial charge in [-0.2, -0.15) is 0 Å². The summed E-state index contributed by atoms with van der Waals surface area (Å²) >= 11 is 6.08. The van der Waals surface area contributed by atoms with E-state index in [1.165, 1.54) is 7.11 Å². The Kier molecular flexibility index (Phi) is 7.14. The first-order valence-corrected chi connectivity index (χ1v) is 11.6. The van der Waals surface area contributed by atoms with Crippen molar-refractivity contribution in [1.29, 1.82) is 0 Å². The van der Waals surface area contributed by atoms with Crippen molar-refractivity contribution in [2.45, 2.75) is 70.0 Å². The Morgan fingerprint density at radius 3 is 2.68 bits per heavy atom. The molecule has 1 amide bonds. The van der Waals surface area contributed by atoms with Gasteiger partial charge in [0.1, 0.15) is 17.5 Å². The van der Waals surface area contributed by atoms with Crippen LogP contribution in [0.2, 0.25) is 5.02 Å². The van der Waals surface area contributed by atoms with Crippen molar-refractivity contribution >= 4 is 17.7 Å². The predicted octanol–water partition coefficient (Wildman–Crippen LogP) is 5.04. The maximum Gasteiger partial charge on any atom is 0.410 e. The number of fused-ring (bicyclic) bond motifs is 2. The average molecular weight is 494 g/mol. The maximum absolute atomic E-state index is 15.4. The molecule has 184 valence electrons. The second-order valence-corrected chi connectivity index (χ2v) is 9.91. The van der Waals surface area contributed by atoms with Crippen molar-refractivity contribution in [1.82, 2.24) is 15.1 Å². The van der Waals surface area contributed by atoms with Crippen molar-refractivity contribution in [3.05, 3.63) is 35.4 Å². The topological polar surface area (TPSA) is 83.0 Å². The quantitative estimate of drug-likeness (QED) is 0.521. The predicted molar refractivity (Wildman–Crippen MR) is 124 cm³/mol. The normalized spacial score (nSPS) is 24.1. The summed E-state index contributed by atoms with van der Waals surface area (Å²) in [5.74, 6) is 0.724. The van der Waals surface area contributed by atoms with E-state index < -0.39 is 30.0 Å². The maximum atomic E-state index is 15.4. The molecule has 2 aliphatic rings. The molecule has 2 aromatic rings. The van der Waals surface area contributed by atoms with E-state index >= 15 is 4.39 Å². The first-order valence-electron chi connectivity index (χ1n) is 11.2. The van der Waals surface area contributed by atoms with E-state index in [4.69, 9.17) is 30.5 Å². The third-order valence-corrected chi connectivity index (χ3v) is 6.08. The molecule has 0 radical (unpaired) electrons. The molecule has 10 heteroatoms. The fourth-order valence-corrected chi connectivity index (χ4v) is 4.61. The lowest BCUT2D eigenvalue weighted by molar-refractivity contribution is -0.0412. The zero-order chi connectivity index (χ0) is 24.5. The number of hydrogen-bond acceptors (Lipinski definition) is 7. The summed E-state index contributed by atoms with van der Waals surface area (Å²) in [6, 6.07) is 7.85. The number of nitrogens with zero attached hydrogens (tertiary/aromatic N) is 3. The van der Waals surface area contributed by atoms with Crippen LogP contribution in [0, 0.1) is 0 Å². The Balaban J connectivity index is 1.45. The largest absolute Gasteiger partial charge is 0.470 e. The summed E-state index contributed by atoms with van der Waals surface area (Å²) in [4.78, 5) is 14.2. The number of carbonyl (C=O) groups excluding carboxylic acids is 1. The molecule has 4 rings (SSSR count). The second-order valence-electron chi connectivity index (χ2n) is 9.47. The number of piperidine rings is 1. The molecular formula is C24H29ClFN3O5. The van der Waals surface area contributed by atoms with E-state index in [9.17, 15) is 4.79 Å². The van der Waals surface area contributed by atoms with Crippen LogP contribution in [0.5, 0.6) is 11.6 Å². The molecule has 2 aliphatic heterocycles. The van der Waals surface area contributed by atoms with Gasteiger partial charge in [0.25, 0.3) is 0 Å². The Morgan fingerprint density at radius 1 is 1.21 bits per heavy atom. The number of methoxy groups -OCH3 is 1. The molecule has 3 heterocycles. The molecule has 34 heavy (non-hydrogen) atoms. The van der Waals surface area contributed by atoms with Gasteiger partial charge in [-0.05, 0) is 57.9 Å². The highest BCUT2D eigenvalue weighted by atomic mass is 35.5. The molecule has 4 unspecified atom stereocenters. The molecule has 2 fully saturated rings. The number of hydrogen-bond donors (Lipinski definition) is 0. The van der Waals surface area contributed by atoms with Crippen LogP contribution < -0.4 is 9.47 Å². The number of carbonyl (C=O) groups is 1. The van der Waals surface area contributed by atoms with Gasteiger partial charge in [0.2, 0.25) is 5.88 Å². The number of aromatic nitrogens is 2. The third kappa shape index (κ3) is 5.36. The summed E-state index contributed by atoms with van der Waals surface area (Å²) in [6.45, 7) is 5.46. The number of benzene rings is 1. The van der Waals surface area contributed by atoms with E-state index in [2.05, 4.69) is 10.2 Å². The summed E-state index contributed by atoms with van der Waals surface area (Å²) in [5.41, 5.74) is 0.602. The molecule has 8 nitrogen and oxygen atoms in total. The number of amides is 1. The van der Waals surface area contributed by atoms with Crippen molar-refractivity contribution in [2.75, 3.05) is 13.9 Å². The molecule has 0 N–H and O–H groups in total. The highest BCUT2D eigenvalue weighted by Crippen LogP contribution is 2.40. The Hall–Kier alpha value is -2.65. The van der Waals surface area contributed by atoms with E-state index in [1.54, 1.807) is 56.0 Å². The Morgan fingerprint density at radius 2 is 2.00 bits per heavy atom. The molecule has 0 aliphatic carbocycles. The van der Waals surface area contributed by atoms with Crippen molar-refractivity contribution in [3.8, 4) is 22.9 Å². The lowest BCUT2D eigenvalue weighted by Crippen LogP contribution is -2.57. The fourth-order valence-electron chi connectivity index (χ4n) is 4.45. The van der Waals surface area contributed by atoms with Gasteiger partial charge in [-0.15, -0.1) is 10.2 Å². The van der Waals surface area contributed by atoms with Gasteiger partial charge >= 0.3 is 6.09 Å². The van der Waals surface area contributed by atoms with Gasteiger partial charge in [-0.3, -0.25) is 4.90 Å². The molecule has 1 aromatic heterocycles. The molecule has 0 spiro atoms. The smallest absolute Gasteiger partial charge is 0.410 e. The van der Waals surface area contributed by atoms with Crippen LogP contribution in [0.3, 0.4) is 0 Å². The van der Waals surface area contributed by atoms with E-state index in [0.29, 0.717) is 34.9 Å².